The summed E-state index contributed by atoms with van der Waals surface area (Å²) in [5.74, 6) is 3.84. The Balaban J connectivity index is 0.00000264. The van der Waals surface area contributed by atoms with E-state index >= 15 is 0 Å². The maximum Gasteiger partial charge on any atom is 0.191 e. The molecule has 2 heterocycles. The van der Waals surface area contributed by atoms with E-state index in [4.69, 9.17) is 0 Å². The van der Waals surface area contributed by atoms with Crippen LogP contribution < -0.4 is 10.6 Å². The van der Waals surface area contributed by atoms with Crippen LogP contribution in [0.15, 0.2) is 17.4 Å². The molecule has 5 nitrogen and oxygen atoms in total. The molecule has 0 aliphatic carbocycles. The number of nitrogens with one attached hydrogen (secondary N) is 2. The molecule has 0 bridgehead atoms. The van der Waals surface area contributed by atoms with E-state index in [1.54, 1.807) is 0 Å². The van der Waals surface area contributed by atoms with Crippen LogP contribution in [0.25, 0.3) is 0 Å². The van der Waals surface area contributed by atoms with Gasteiger partial charge in [-0.15, -0.1) is 24.0 Å². The van der Waals surface area contributed by atoms with Crippen molar-refractivity contribution in [3.63, 3.8) is 0 Å². The Bertz CT molecular complexity index is 469. The highest BCUT2D eigenvalue weighted by Gasteiger charge is 2.15. The monoisotopic (exact) mass is 451 g/mol. The zero-order valence-electron chi connectivity index (χ0n) is 14.4. The molecule has 132 valence electrons. The van der Waals surface area contributed by atoms with Gasteiger partial charge in [-0.1, -0.05) is 13.8 Å². The molecule has 1 fully saturated rings. The Morgan fingerprint density at radius 2 is 2.30 bits per heavy atom. The fourth-order valence-corrected chi connectivity index (χ4v) is 3.76. The first kappa shape index (κ1) is 20.6. The highest BCUT2D eigenvalue weighted by molar-refractivity contribution is 14.0. The molecule has 1 aromatic heterocycles. The molecule has 0 amide bonds. The van der Waals surface area contributed by atoms with Gasteiger partial charge >= 0.3 is 0 Å². The molecule has 23 heavy (non-hydrogen) atoms. The molecular weight excluding hydrogens is 421 g/mol. The van der Waals surface area contributed by atoms with E-state index in [-0.39, 0.29) is 24.0 Å². The SMILES string of the molecule is CCNC(=NCc1nccn1CC(C)C)NCC1CCCS1.I. The lowest BCUT2D eigenvalue weighted by atomic mass is 10.2. The number of aromatic nitrogens is 2. The van der Waals surface area contributed by atoms with Gasteiger partial charge in [0.05, 0.1) is 0 Å². The number of halogens is 1. The molecule has 1 aliphatic rings. The van der Waals surface area contributed by atoms with Gasteiger partial charge in [0, 0.05) is 37.3 Å². The Hall–Kier alpha value is -0.440. The van der Waals surface area contributed by atoms with E-state index in [1.807, 2.05) is 12.4 Å². The van der Waals surface area contributed by atoms with Crippen LogP contribution in [-0.4, -0.2) is 39.6 Å². The van der Waals surface area contributed by atoms with Crippen molar-refractivity contribution in [1.82, 2.24) is 20.2 Å². The number of nitrogens with zero attached hydrogens (tertiary/aromatic N) is 3. The van der Waals surface area contributed by atoms with E-state index in [0.717, 1.165) is 36.7 Å². The summed E-state index contributed by atoms with van der Waals surface area (Å²) in [6.07, 6.45) is 6.57. The summed E-state index contributed by atoms with van der Waals surface area (Å²) in [5, 5.41) is 7.52. The number of hydrogen-bond acceptors (Lipinski definition) is 3. The molecule has 0 radical (unpaired) electrons. The second kappa shape index (κ2) is 11.2. The first-order valence-electron chi connectivity index (χ1n) is 8.32. The second-order valence-corrected chi connectivity index (χ2v) is 7.51. The normalized spacial score (nSPS) is 18.1. The number of thioether (sulfide) groups is 1. The molecule has 0 aromatic carbocycles. The maximum absolute atomic E-state index is 4.69. The van der Waals surface area contributed by atoms with Gasteiger partial charge in [-0.2, -0.15) is 11.8 Å². The molecule has 0 saturated carbocycles. The number of guanidine groups is 1. The first-order chi connectivity index (χ1) is 10.7. The Labute approximate surface area is 161 Å². The topological polar surface area (TPSA) is 54.2 Å². The van der Waals surface area contributed by atoms with Gasteiger partial charge in [-0.25, -0.2) is 9.98 Å². The van der Waals surface area contributed by atoms with Gasteiger partial charge in [0.15, 0.2) is 5.96 Å². The van der Waals surface area contributed by atoms with Crippen LogP contribution in [0.1, 0.15) is 39.4 Å². The van der Waals surface area contributed by atoms with Crippen molar-refractivity contribution >= 4 is 41.7 Å². The van der Waals surface area contributed by atoms with Crippen LogP contribution in [0.2, 0.25) is 0 Å². The van der Waals surface area contributed by atoms with Gasteiger partial charge in [0.2, 0.25) is 0 Å². The molecule has 2 rings (SSSR count). The molecular formula is C16H30IN5S. The third-order valence-corrected chi connectivity index (χ3v) is 5.01. The van der Waals surface area contributed by atoms with E-state index < -0.39 is 0 Å². The first-order valence-corrected chi connectivity index (χ1v) is 9.37. The fourth-order valence-electron chi connectivity index (χ4n) is 2.56. The zero-order valence-corrected chi connectivity index (χ0v) is 17.6. The smallest absolute Gasteiger partial charge is 0.191 e. The minimum atomic E-state index is 0. The summed E-state index contributed by atoms with van der Waals surface area (Å²) < 4.78 is 2.20. The number of aliphatic imine (C=N–C) groups is 1. The van der Waals surface area contributed by atoms with E-state index in [9.17, 15) is 0 Å². The second-order valence-electron chi connectivity index (χ2n) is 6.10. The summed E-state index contributed by atoms with van der Waals surface area (Å²) >= 11 is 2.07. The maximum atomic E-state index is 4.69. The van der Waals surface area contributed by atoms with E-state index in [2.05, 4.69) is 57.7 Å². The van der Waals surface area contributed by atoms with Gasteiger partial charge in [0.1, 0.15) is 12.4 Å². The molecule has 1 atom stereocenters. The summed E-state index contributed by atoms with van der Waals surface area (Å²) in [6, 6.07) is 0. The van der Waals surface area contributed by atoms with Crippen molar-refractivity contribution < 1.29 is 0 Å². The zero-order chi connectivity index (χ0) is 15.8. The highest BCUT2D eigenvalue weighted by atomic mass is 127. The standard InChI is InChI=1S/C16H29N5S.HI/c1-4-17-16(19-10-14-6-5-9-22-14)20-11-15-18-7-8-21(15)12-13(2)3;/h7-8,13-14H,4-6,9-12H2,1-3H3,(H2,17,19,20);1H. The summed E-state index contributed by atoms with van der Waals surface area (Å²) in [7, 11) is 0. The van der Waals surface area contributed by atoms with E-state index in [0.29, 0.717) is 12.5 Å². The van der Waals surface area contributed by atoms with Crippen molar-refractivity contribution in [2.45, 2.75) is 52.0 Å². The van der Waals surface area contributed by atoms with Crippen molar-refractivity contribution in [3.8, 4) is 0 Å². The number of hydrogen-bond donors (Lipinski definition) is 2. The Morgan fingerprint density at radius 1 is 1.48 bits per heavy atom. The Morgan fingerprint density at radius 3 is 2.96 bits per heavy atom. The van der Waals surface area contributed by atoms with Crippen molar-refractivity contribution in [2.24, 2.45) is 10.9 Å². The minimum Gasteiger partial charge on any atom is -0.357 e. The minimum absolute atomic E-state index is 0. The molecule has 7 heteroatoms. The lowest BCUT2D eigenvalue weighted by Crippen LogP contribution is -2.40. The van der Waals surface area contributed by atoms with Crippen molar-refractivity contribution in [3.05, 3.63) is 18.2 Å². The Kier molecular flexibility index (Phi) is 10.0. The van der Waals surface area contributed by atoms with Gasteiger partial charge in [0.25, 0.3) is 0 Å². The molecule has 0 spiro atoms. The van der Waals surface area contributed by atoms with Crippen LogP contribution in [0, 0.1) is 5.92 Å². The summed E-state index contributed by atoms with van der Waals surface area (Å²) in [6.45, 7) is 10.0. The fraction of sp³-hybridized carbons (Fsp3) is 0.750. The average molecular weight is 451 g/mol. The number of imidazole rings is 1. The van der Waals surface area contributed by atoms with Crippen LogP contribution in [0.3, 0.4) is 0 Å². The third kappa shape index (κ3) is 7.32. The van der Waals surface area contributed by atoms with E-state index in [1.165, 1.54) is 18.6 Å². The van der Waals surface area contributed by atoms with Gasteiger partial charge in [-0.05, 0) is 31.4 Å². The van der Waals surface area contributed by atoms with Gasteiger partial charge in [-0.3, -0.25) is 0 Å². The van der Waals surface area contributed by atoms with Crippen LogP contribution in [-0.2, 0) is 13.1 Å². The summed E-state index contributed by atoms with van der Waals surface area (Å²) in [4.78, 5) is 9.12. The highest BCUT2D eigenvalue weighted by Crippen LogP contribution is 2.25. The molecule has 1 unspecified atom stereocenters. The number of rotatable bonds is 7. The lowest BCUT2D eigenvalue weighted by molar-refractivity contribution is 0.507. The lowest BCUT2D eigenvalue weighted by Gasteiger charge is -2.15. The van der Waals surface area contributed by atoms with Crippen molar-refractivity contribution in [1.29, 1.82) is 0 Å². The van der Waals surface area contributed by atoms with Crippen LogP contribution >= 0.6 is 35.7 Å². The van der Waals surface area contributed by atoms with Crippen molar-refractivity contribution in [2.75, 3.05) is 18.8 Å². The molecule has 2 N–H and O–H groups in total. The largest absolute Gasteiger partial charge is 0.357 e. The average Bonchev–Trinajstić information content (AvgIpc) is 3.13. The molecule has 1 aliphatic heterocycles. The quantitative estimate of drug-likeness (QED) is 0.380. The predicted molar refractivity (Wildman–Crippen MR) is 111 cm³/mol. The van der Waals surface area contributed by atoms with Gasteiger partial charge < -0.3 is 15.2 Å². The summed E-state index contributed by atoms with van der Waals surface area (Å²) in [5.41, 5.74) is 0. The van der Waals surface area contributed by atoms with Crippen LogP contribution in [0.5, 0.6) is 0 Å². The third-order valence-electron chi connectivity index (χ3n) is 3.61. The predicted octanol–water partition coefficient (Wildman–Crippen LogP) is 3.11. The molecule has 1 saturated heterocycles. The van der Waals surface area contributed by atoms with Crippen LogP contribution in [0.4, 0.5) is 0 Å². The molecule has 1 aromatic rings.